The Kier molecular flexibility index (Phi) is 5.97. The van der Waals surface area contributed by atoms with E-state index in [1.54, 1.807) is 0 Å². The van der Waals surface area contributed by atoms with Crippen LogP contribution >= 0.6 is 0 Å². The van der Waals surface area contributed by atoms with E-state index in [-0.39, 0.29) is 0 Å². The van der Waals surface area contributed by atoms with E-state index in [1.807, 2.05) is 7.05 Å². The first-order chi connectivity index (χ1) is 4.77. The SMILES string of the molecule is C=C(N)NCCCCNC. The lowest BCUT2D eigenvalue weighted by Crippen LogP contribution is -2.20. The molecule has 0 aromatic heterocycles. The van der Waals surface area contributed by atoms with Crippen LogP contribution in [0.2, 0.25) is 0 Å². The Morgan fingerprint density at radius 3 is 2.50 bits per heavy atom. The fourth-order valence-corrected chi connectivity index (χ4v) is 0.676. The molecule has 0 saturated carbocycles. The highest BCUT2D eigenvalue weighted by Crippen LogP contribution is 1.83. The molecule has 0 heterocycles. The fraction of sp³-hybridized carbons (Fsp3) is 0.714. The van der Waals surface area contributed by atoms with E-state index in [0.717, 1.165) is 19.5 Å². The zero-order valence-electron chi connectivity index (χ0n) is 6.61. The van der Waals surface area contributed by atoms with Crippen molar-refractivity contribution in [1.82, 2.24) is 10.6 Å². The molecule has 0 rings (SSSR count). The van der Waals surface area contributed by atoms with Crippen molar-refractivity contribution in [1.29, 1.82) is 0 Å². The quantitative estimate of drug-likeness (QED) is 0.459. The molecule has 0 aliphatic carbocycles. The summed E-state index contributed by atoms with van der Waals surface area (Å²) in [6, 6.07) is 0. The molecule has 0 bridgehead atoms. The van der Waals surface area contributed by atoms with Crippen molar-refractivity contribution >= 4 is 0 Å². The van der Waals surface area contributed by atoms with E-state index in [2.05, 4.69) is 17.2 Å². The van der Waals surface area contributed by atoms with E-state index in [4.69, 9.17) is 5.73 Å². The van der Waals surface area contributed by atoms with Crippen LogP contribution in [-0.2, 0) is 0 Å². The highest BCUT2D eigenvalue weighted by atomic mass is 15.0. The molecule has 0 aliphatic rings. The third kappa shape index (κ3) is 7.30. The molecule has 4 N–H and O–H groups in total. The van der Waals surface area contributed by atoms with Crippen molar-refractivity contribution in [2.45, 2.75) is 12.8 Å². The van der Waals surface area contributed by atoms with Crippen LogP contribution in [0.5, 0.6) is 0 Å². The molecule has 0 radical (unpaired) electrons. The van der Waals surface area contributed by atoms with Crippen molar-refractivity contribution in [3.8, 4) is 0 Å². The largest absolute Gasteiger partial charge is 0.386 e. The van der Waals surface area contributed by atoms with Gasteiger partial charge in [0, 0.05) is 6.54 Å². The topological polar surface area (TPSA) is 50.1 Å². The van der Waals surface area contributed by atoms with Crippen molar-refractivity contribution in [2.75, 3.05) is 20.1 Å². The summed E-state index contributed by atoms with van der Waals surface area (Å²) >= 11 is 0. The lowest BCUT2D eigenvalue weighted by atomic mass is 10.3. The predicted octanol–water partition coefficient (Wildman–Crippen LogP) is 0.00550. The first kappa shape index (κ1) is 9.30. The summed E-state index contributed by atoms with van der Waals surface area (Å²) in [5.41, 5.74) is 5.29. The lowest BCUT2D eigenvalue weighted by molar-refractivity contribution is 0.643. The maximum absolute atomic E-state index is 5.29. The Hall–Kier alpha value is -0.700. The molecule has 0 aromatic carbocycles. The number of unbranched alkanes of at least 4 members (excludes halogenated alkanes) is 1. The second kappa shape index (κ2) is 6.42. The maximum atomic E-state index is 5.29. The number of nitrogens with one attached hydrogen (secondary N) is 2. The minimum atomic E-state index is 0.560. The molecule has 0 saturated heterocycles. The second-order valence-corrected chi connectivity index (χ2v) is 2.26. The zero-order chi connectivity index (χ0) is 7.82. The van der Waals surface area contributed by atoms with Gasteiger partial charge in [0.15, 0.2) is 0 Å². The van der Waals surface area contributed by atoms with Gasteiger partial charge in [0.05, 0.1) is 5.82 Å². The Balaban J connectivity index is 2.84. The molecule has 0 aromatic rings. The van der Waals surface area contributed by atoms with Crippen molar-refractivity contribution in [3.05, 3.63) is 12.4 Å². The first-order valence-electron chi connectivity index (χ1n) is 3.60. The summed E-state index contributed by atoms with van der Waals surface area (Å²) in [5, 5.41) is 6.03. The molecule has 10 heavy (non-hydrogen) atoms. The van der Waals surface area contributed by atoms with Gasteiger partial charge in [-0.05, 0) is 26.4 Å². The molecule has 0 unspecified atom stereocenters. The summed E-state index contributed by atoms with van der Waals surface area (Å²) in [4.78, 5) is 0. The van der Waals surface area contributed by atoms with Gasteiger partial charge in [-0.1, -0.05) is 6.58 Å². The van der Waals surface area contributed by atoms with Crippen LogP contribution in [0.25, 0.3) is 0 Å². The van der Waals surface area contributed by atoms with Gasteiger partial charge in [0.1, 0.15) is 0 Å². The van der Waals surface area contributed by atoms with Crippen molar-refractivity contribution in [3.63, 3.8) is 0 Å². The Morgan fingerprint density at radius 1 is 1.40 bits per heavy atom. The third-order valence-electron chi connectivity index (χ3n) is 1.21. The molecule has 3 heteroatoms. The molecule has 0 spiro atoms. The summed E-state index contributed by atoms with van der Waals surface area (Å²) in [6.07, 6.45) is 2.31. The molecule has 0 amide bonds. The minimum absolute atomic E-state index is 0.560. The van der Waals surface area contributed by atoms with Crippen LogP contribution < -0.4 is 16.4 Å². The Bertz CT molecular complexity index is 90.9. The standard InChI is InChI=1S/C7H17N3/c1-7(8)10-6-4-3-5-9-2/h9-10H,1,3-6,8H2,2H3. The van der Waals surface area contributed by atoms with Crippen LogP contribution in [0.15, 0.2) is 12.4 Å². The summed E-state index contributed by atoms with van der Waals surface area (Å²) in [6.45, 7) is 5.52. The van der Waals surface area contributed by atoms with Gasteiger partial charge >= 0.3 is 0 Å². The van der Waals surface area contributed by atoms with Crippen LogP contribution in [0.4, 0.5) is 0 Å². The molecule has 0 fully saturated rings. The highest BCUT2D eigenvalue weighted by Gasteiger charge is 1.85. The van der Waals surface area contributed by atoms with Crippen LogP contribution in [0, 0.1) is 0 Å². The summed E-state index contributed by atoms with van der Waals surface area (Å²) in [5.74, 6) is 0.560. The molecular formula is C7H17N3. The number of nitrogens with two attached hydrogens (primary N) is 1. The molecule has 0 aliphatic heterocycles. The predicted molar refractivity (Wildman–Crippen MR) is 44.5 cm³/mol. The monoisotopic (exact) mass is 143 g/mol. The smallest absolute Gasteiger partial charge is 0.0885 e. The minimum Gasteiger partial charge on any atom is -0.386 e. The van der Waals surface area contributed by atoms with E-state index in [0.29, 0.717) is 5.82 Å². The summed E-state index contributed by atoms with van der Waals surface area (Å²) < 4.78 is 0. The van der Waals surface area contributed by atoms with Crippen LogP contribution in [-0.4, -0.2) is 20.1 Å². The molecular weight excluding hydrogens is 126 g/mol. The third-order valence-corrected chi connectivity index (χ3v) is 1.21. The van der Waals surface area contributed by atoms with Gasteiger partial charge < -0.3 is 16.4 Å². The average molecular weight is 143 g/mol. The van der Waals surface area contributed by atoms with E-state index >= 15 is 0 Å². The Labute approximate surface area is 62.7 Å². The average Bonchev–Trinajstić information content (AvgIpc) is 1.87. The van der Waals surface area contributed by atoms with Gasteiger partial charge in [-0.25, -0.2) is 0 Å². The van der Waals surface area contributed by atoms with Gasteiger partial charge in [0.2, 0.25) is 0 Å². The van der Waals surface area contributed by atoms with Crippen LogP contribution in [0.1, 0.15) is 12.8 Å². The maximum Gasteiger partial charge on any atom is 0.0885 e. The fourth-order valence-electron chi connectivity index (χ4n) is 0.676. The number of hydrogen-bond acceptors (Lipinski definition) is 3. The lowest BCUT2D eigenvalue weighted by Gasteiger charge is -2.03. The van der Waals surface area contributed by atoms with Crippen LogP contribution in [0.3, 0.4) is 0 Å². The van der Waals surface area contributed by atoms with Crippen molar-refractivity contribution in [2.24, 2.45) is 5.73 Å². The Morgan fingerprint density at radius 2 is 2.00 bits per heavy atom. The van der Waals surface area contributed by atoms with Gasteiger partial charge in [0.25, 0.3) is 0 Å². The second-order valence-electron chi connectivity index (χ2n) is 2.26. The normalized spacial score (nSPS) is 9.30. The summed E-state index contributed by atoms with van der Waals surface area (Å²) in [7, 11) is 1.95. The highest BCUT2D eigenvalue weighted by molar-refractivity contribution is 4.81. The molecule has 3 nitrogen and oxygen atoms in total. The van der Waals surface area contributed by atoms with Gasteiger partial charge in [-0.2, -0.15) is 0 Å². The van der Waals surface area contributed by atoms with Gasteiger partial charge in [-0.15, -0.1) is 0 Å². The van der Waals surface area contributed by atoms with E-state index < -0.39 is 0 Å². The molecule has 60 valence electrons. The van der Waals surface area contributed by atoms with E-state index in [1.165, 1.54) is 6.42 Å². The number of hydrogen-bond donors (Lipinski definition) is 3. The molecule has 0 atom stereocenters. The van der Waals surface area contributed by atoms with E-state index in [9.17, 15) is 0 Å². The first-order valence-corrected chi connectivity index (χ1v) is 3.60. The van der Waals surface area contributed by atoms with Gasteiger partial charge in [-0.3, -0.25) is 0 Å². The number of rotatable bonds is 6. The van der Waals surface area contributed by atoms with Crippen molar-refractivity contribution < 1.29 is 0 Å². The zero-order valence-corrected chi connectivity index (χ0v) is 6.61.